The van der Waals surface area contributed by atoms with Crippen LogP contribution in [0.5, 0.6) is 0 Å². The van der Waals surface area contributed by atoms with Crippen LogP contribution in [0.4, 0.5) is 0 Å². The fraction of sp³-hybridized carbons (Fsp3) is 0.800. The molecule has 2 aliphatic carbocycles. The third-order valence-electron chi connectivity index (χ3n) is 3.32. The van der Waals surface area contributed by atoms with E-state index in [1.54, 1.807) is 0 Å². The Bertz CT molecular complexity index is 147. The molecule has 0 unspecified atom stereocenters. The summed E-state index contributed by atoms with van der Waals surface area (Å²) in [5, 5.41) is 0. The summed E-state index contributed by atoms with van der Waals surface area (Å²) in [5.74, 6) is 1.09. The molecule has 0 N–H and O–H groups in total. The zero-order valence-electron chi connectivity index (χ0n) is 6.77. The van der Waals surface area contributed by atoms with Crippen molar-refractivity contribution in [3.05, 3.63) is 12.2 Å². The third kappa shape index (κ3) is 0.817. The van der Waals surface area contributed by atoms with Crippen LogP contribution >= 0.6 is 0 Å². The summed E-state index contributed by atoms with van der Waals surface area (Å²) in [4.78, 5) is 0. The standard InChI is InChI=1S/C10H16/c1-2-5-10-6-3-9(8-10)4-7-10/h2,5,9H,3-4,6-8H2,1H3/b5-2-. The van der Waals surface area contributed by atoms with Crippen LogP contribution in [0.2, 0.25) is 0 Å². The van der Waals surface area contributed by atoms with Gasteiger partial charge in [-0.3, -0.25) is 0 Å². The lowest BCUT2D eigenvalue weighted by Gasteiger charge is -2.21. The molecule has 0 heterocycles. The molecule has 0 radical (unpaired) electrons. The van der Waals surface area contributed by atoms with Crippen LogP contribution < -0.4 is 0 Å². The normalized spacial score (nSPS) is 45.5. The van der Waals surface area contributed by atoms with Crippen LogP contribution in [0, 0.1) is 11.3 Å². The van der Waals surface area contributed by atoms with E-state index in [9.17, 15) is 0 Å². The van der Waals surface area contributed by atoms with Gasteiger partial charge in [-0.05, 0) is 50.4 Å². The molecule has 0 amide bonds. The topological polar surface area (TPSA) is 0 Å². The first-order chi connectivity index (χ1) is 4.85. The van der Waals surface area contributed by atoms with Gasteiger partial charge in [-0.15, -0.1) is 0 Å². The van der Waals surface area contributed by atoms with Gasteiger partial charge in [0.25, 0.3) is 0 Å². The van der Waals surface area contributed by atoms with Crippen LogP contribution in [0.3, 0.4) is 0 Å². The van der Waals surface area contributed by atoms with Gasteiger partial charge in [0.1, 0.15) is 0 Å². The van der Waals surface area contributed by atoms with Crippen LogP contribution in [0.1, 0.15) is 39.0 Å². The molecule has 2 rings (SSSR count). The van der Waals surface area contributed by atoms with Crippen molar-refractivity contribution in [2.24, 2.45) is 11.3 Å². The lowest BCUT2D eigenvalue weighted by atomic mass is 9.84. The molecule has 10 heavy (non-hydrogen) atoms. The smallest absolute Gasteiger partial charge is 0.0115 e. The highest BCUT2D eigenvalue weighted by Gasteiger charge is 2.42. The molecule has 0 aromatic heterocycles. The molecule has 2 fully saturated rings. The third-order valence-corrected chi connectivity index (χ3v) is 3.32. The van der Waals surface area contributed by atoms with Crippen molar-refractivity contribution in [3.63, 3.8) is 0 Å². The molecule has 56 valence electrons. The Morgan fingerprint density at radius 2 is 2.00 bits per heavy atom. The van der Waals surface area contributed by atoms with Gasteiger partial charge in [0.05, 0.1) is 0 Å². The van der Waals surface area contributed by atoms with E-state index in [2.05, 4.69) is 19.1 Å². The molecular weight excluding hydrogens is 120 g/mol. The summed E-state index contributed by atoms with van der Waals surface area (Å²) < 4.78 is 0. The molecule has 2 saturated carbocycles. The van der Waals surface area contributed by atoms with Gasteiger partial charge in [-0.1, -0.05) is 12.2 Å². The van der Waals surface area contributed by atoms with Crippen LogP contribution in [-0.4, -0.2) is 0 Å². The van der Waals surface area contributed by atoms with Gasteiger partial charge in [-0.2, -0.15) is 0 Å². The summed E-state index contributed by atoms with van der Waals surface area (Å²) in [5.41, 5.74) is 0.680. The fourth-order valence-electron chi connectivity index (χ4n) is 2.82. The highest BCUT2D eigenvalue weighted by Crippen LogP contribution is 2.54. The van der Waals surface area contributed by atoms with Crippen molar-refractivity contribution >= 4 is 0 Å². The molecule has 2 bridgehead atoms. The average molecular weight is 136 g/mol. The predicted molar refractivity (Wildman–Crippen MR) is 43.8 cm³/mol. The number of hydrogen-bond donors (Lipinski definition) is 0. The average Bonchev–Trinajstić information content (AvgIpc) is 2.46. The lowest BCUT2D eigenvalue weighted by molar-refractivity contribution is 0.383. The Kier molecular flexibility index (Phi) is 1.36. The van der Waals surface area contributed by atoms with E-state index >= 15 is 0 Å². The van der Waals surface area contributed by atoms with E-state index in [0.29, 0.717) is 5.41 Å². The lowest BCUT2D eigenvalue weighted by Crippen LogP contribution is -2.08. The molecule has 2 aliphatic rings. The maximum Gasteiger partial charge on any atom is -0.0115 e. The maximum atomic E-state index is 2.46. The number of allylic oxidation sites excluding steroid dienone is 2. The van der Waals surface area contributed by atoms with Gasteiger partial charge in [-0.25, -0.2) is 0 Å². The van der Waals surface area contributed by atoms with Gasteiger partial charge in [0.15, 0.2) is 0 Å². The highest BCUT2D eigenvalue weighted by molar-refractivity contribution is 5.07. The first kappa shape index (κ1) is 6.45. The molecule has 0 saturated heterocycles. The summed E-state index contributed by atoms with van der Waals surface area (Å²) in [7, 11) is 0. The zero-order valence-corrected chi connectivity index (χ0v) is 6.77. The van der Waals surface area contributed by atoms with Crippen molar-refractivity contribution < 1.29 is 0 Å². The van der Waals surface area contributed by atoms with Crippen molar-refractivity contribution in [1.82, 2.24) is 0 Å². The largest absolute Gasteiger partial charge is 0.0911 e. The second kappa shape index (κ2) is 2.11. The Morgan fingerprint density at radius 1 is 1.30 bits per heavy atom. The second-order valence-electron chi connectivity index (χ2n) is 4.01. The predicted octanol–water partition coefficient (Wildman–Crippen LogP) is 3.14. The monoisotopic (exact) mass is 136 g/mol. The minimum Gasteiger partial charge on any atom is -0.0911 e. The number of hydrogen-bond acceptors (Lipinski definition) is 0. The Hall–Kier alpha value is -0.260. The first-order valence-corrected chi connectivity index (χ1v) is 4.48. The summed E-state index contributed by atoms with van der Waals surface area (Å²) in [6, 6.07) is 0. The Balaban J connectivity index is 2.15. The Labute approximate surface area is 63.3 Å². The van der Waals surface area contributed by atoms with E-state index in [1.165, 1.54) is 32.1 Å². The molecule has 0 heteroatoms. The minimum atomic E-state index is 0.680. The van der Waals surface area contributed by atoms with Gasteiger partial charge < -0.3 is 0 Å². The van der Waals surface area contributed by atoms with Gasteiger partial charge in [0.2, 0.25) is 0 Å². The summed E-state index contributed by atoms with van der Waals surface area (Å²) >= 11 is 0. The SMILES string of the molecule is C/C=C\C12CCC(CC1)C2. The molecule has 0 aromatic rings. The quantitative estimate of drug-likeness (QED) is 0.486. The van der Waals surface area contributed by atoms with Crippen LogP contribution in [0.25, 0.3) is 0 Å². The van der Waals surface area contributed by atoms with E-state index in [4.69, 9.17) is 0 Å². The molecule has 0 aromatic carbocycles. The zero-order chi connectivity index (χ0) is 7.03. The van der Waals surface area contributed by atoms with E-state index < -0.39 is 0 Å². The summed E-state index contributed by atoms with van der Waals surface area (Å²) in [6.45, 7) is 2.15. The molecule has 0 atom stereocenters. The minimum absolute atomic E-state index is 0.680. The highest BCUT2D eigenvalue weighted by atomic mass is 14.5. The van der Waals surface area contributed by atoms with Crippen molar-refractivity contribution in [2.75, 3.05) is 0 Å². The van der Waals surface area contributed by atoms with Gasteiger partial charge in [0, 0.05) is 0 Å². The van der Waals surface area contributed by atoms with Crippen LogP contribution in [0.15, 0.2) is 12.2 Å². The maximum absolute atomic E-state index is 2.46. The van der Waals surface area contributed by atoms with E-state index in [1.807, 2.05) is 0 Å². The summed E-state index contributed by atoms with van der Waals surface area (Å²) in [6.07, 6.45) is 12.2. The molecule has 0 spiro atoms. The van der Waals surface area contributed by atoms with Crippen molar-refractivity contribution in [3.8, 4) is 0 Å². The second-order valence-corrected chi connectivity index (χ2v) is 4.01. The first-order valence-electron chi connectivity index (χ1n) is 4.48. The van der Waals surface area contributed by atoms with E-state index in [-0.39, 0.29) is 0 Å². The van der Waals surface area contributed by atoms with Gasteiger partial charge >= 0.3 is 0 Å². The van der Waals surface area contributed by atoms with E-state index in [0.717, 1.165) is 5.92 Å². The van der Waals surface area contributed by atoms with Crippen LogP contribution in [-0.2, 0) is 0 Å². The fourth-order valence-corrected chi connectivity index (χ4v) is 2.82. The van der Waals surface area contributed by atoms with Crippen molar-refractivity contribution in [1.29, 1.82) is 0 Å². The Morgan fingerprint density at radius 3 is 2.40 bits per heavy atom. The molecule has 0 nitrogen and oxygen atoms in total. The number of rotatable bonds is 1. The molecular formula is C10H16. The number of fused-ring (bicyclic) bond motifs is 2. The molecule has 0 aliphatic heterocycles. The van der Waals surface area contributed by atoms with Crippen molar-refractivity contribution in [2.45, 2.75) is 39.0 Å².